The number of rotatable bonds is 5. The van der Waals surface area contributed by atoms with Gasteiger partial charge in [0.1, 0.15) is 6.10 Å². The number of thiazole rings is 1. The van der Waals surface area contributed by atoms with Crippen molar-refractivity contribution in [2.45, 2.75) is 38.8 Å². The fourth-order valence-electron chi connectivity index (χ4n) is 2.22. The summed E-state index contributed by atoms with van der Waals surface area (Å²) < 4.78 is 5.58. The van der Waals surface area contributed by atoms with Crippen LogP contribution in [0.5, 0.6) is 0 Å². The van der Waals surface area contributed by atoms with Crippen LogP contribution in [0.1, 0.15) is 30.3 Å². The molecule has 1 atom stereocenters. The highest BCUT2D eigenvalue weighted by Gasteiger charge is 2.25. The first kappa shape index (κ1) is 14.0. The third-order valence-electron chi connectivity index (χ3n) is 3.80. The van der Waals surface area contributed by atoms with E-state index in [1.807, 2.05) is 0 Å². The molecule has 1 amide bonds. The van der Waals surface area contributed by atoms with Crippen LogP contribution in [-0.4, -0.2) is 42.1 Å². The van der Waals surface area contributed by atoms with Gasteiger partial charge in [0.2, 0.25) is 0 Å². The van der Waals surface area contributed by atoms with E-state index < -0.39 is 6.10 Å². The maximum absolute atomic E-state index is 12.0. The number of nitrogens with zero attached hydrogens (tertiary/aromatic N) is 2. The van der Waals surface area contributed by atoms with Gasteiger partial charge in [-0.1, -0.05) is 0 Å². The molecule has 1 aliphatic carbocycles. The second kappa shape index (κ2) is 5.79. The smallest absolute Gasteiger partial charge is 0.254 e. The van der Waals surface area contributed by atoms with E-state index in [9.17, 15) is 4.79 Å². The van der Waals surface area contributed by atoms with Crippen molar-refractivity contribution in [3.05, 3.63) is 10.6 Å². The van der Waals surface area contributed by atoms with Crippen LogP contribution in [0.3, 0.4) is 0 Å². The second-order valence-electron chi connectivity index (χ2n) is 5.78. The first-order chi connectivity index (χ1) is 9.61. The number of amides is 1. The molecule has 110 valence electrons. The largest absolute Gasteiger partial charge is 0.368 e. The summed E-state index contributed by atoms with van der Waals surface area (Å²) in [6.07, 6.45) is 3.04. The molecular weight excluding hydrogens is 274 g/mol. The van der Waals surface area contributed by atoms with Crippen LogP contribution in [-0.2, 0) is 22.5 Å². The van der Waals surface area contributed by atoms with Crippen molar-refractivity contribution in [2.24, 2.45) is 5.92 Å². The first-order valence-corrected chi connectivity index (χ1v) is 8.03. The van der Waals surface area contributed by atoms with Gasteiger partial charge in [0, 0.05) is 24.4 Å². The fraction of sp³-hybridized carbons (Fsp3) is 0.714. The summed E-state index contributed by atoms with van der Waals surface area (Å²) in [6.45, 7) is 4.47. The van der Waals surface area contributed by atoms with Crippen LogP contribution >= 0.6 is 11.3 Å². The van der Waals surface area contributed by atoms with Gasteiger partial charge in [0.05, 0.1) is 12.3 Å². The van der Waals surface area contributed by atoms with E-state index in [1.54, 1.807) is 18.3 Å². The van der Waals surface area contributed by atoms with Crippen LogP contribution in [0.15, 0.2) is 0 Å². The van der Waals surface area contributed by atoms with Crippen LogP contribution in [0, 0.1) is 5.92 Å². The zero-order valence-electron chi connectivity index (χ0n) is 12.0. The van der Waals surface area contributed by atoms with Gasteiger partial charge in [0.25, 0.3) is 5.91 Å². The quantitative estimate of drug-likeness (QED) is 0.901. The zero-order valence-corrected chi connectivity index (χ0v) is 12.8. The van der Waals surface area contributed by atoms with Crippen LogP contribution < -0.4 is 5.32 Å². The van der Waals surface area contributed by atoms with E-state index in [0.717, 1.165) is 25.2 Å². The van der Waals surface area contributed by atoms with Crippen molar-refractivity contribution >= 4 is 22.4 Å². The molecule has 0 saturated heterocycles. The Kier molecular flexibility index (Phi) is 4.05. The molecule has 1 aromatic heterocycles. The van der Waals surface area contributed by atoms with Crippen molar-refractivity contribution in [1.29, 1.82) is 0 Å². The highest BCUT2D eigenvalue weighted by molar-refractivity contribution is 7.15. The predicted molar refractivity (Wildman–Crippen MR) is 78.9 cm³/mol. The molecule has 1 aliphatic heterocycles. The number of fused-ring (bicyclic) bond motifs is 1. The molecule has 1 aromatic rings. The summed E-state index contributed by atoms with van der Waals surface area (Å²) in [4.78, 5) is 20.1. The Morgan fingerprint density at radius 1 is 1.60 bits per heavy atom. The minimum absolute atomic E-state index is 0.0925. The molecule has 2 heterocycles. The summed E-state index contributed by atoms with van der Waals surface area (Å²) in [5.74, 6) is 0.582. The summed E-state index contributed by atoms with van der Waals surface area (Å²) in [5, 5.41) is 3.59. The van der Waals surface area contributed by atoms with Crippen molar-refractivity contribution < 1.29 is 9.53 Å². The second-order valence-corrected chi connectivity index (χ2v) is 6.87. The predicted octanol–water partition coefficient (Wildman–Crippen LogP) is 1.88. The lowest BCUT2D eigenvalue weighted by Gasteiger charge is -2.20. The molecule has 0 radical (unpaired) electrons. The Hall–Kier alpha value is -0.980. The number of hydrogen-bond donors (Lipinski definition) is 1. The summed E-state index contributed by atoms with van der Waals surface area (Å²) in [6, 6.07) is 0. The van der Waals surface area contributed by atoms with Crippen molar-refractivity contribution in [1.82, 2.24) is 9.88 Å². The molecule has 20 heavy (non-hydrogen) atoms. The van der Waals surface area contributed by atoms with Gasteiger partial charge in [-0.25, -0.2) is 4.98 Å². The number of carbonyl (C=O) groups is 1. The number of anilines is 1. The third-order valence-corrected chi connectivity index (χ3v) is 4.80. The summed E-state index contributed by atoms with van der Waals surface area (Å²) in [5.41, 5.74) is 1.13. The average molecular weight is 295 g/mol. The minimum Gasteiger partial charge on any atom is -0.368 e. The molecule has 1 N–H and O–H groups in total. The van der Waals surface area contributed by atoms with Crippen LogP contribution in [0.4, 0.5) is 5.13 Å². The Morgan fingerprint density at radius 3 is 3.15 bits per heavy atom. The number of aromatic nitrogens is 1. The van der Waals surface area contributed by atoms with Crippen molar-refractivity contribution in [3.8, 4) is 0 Å². The van der Waals surface area contributed by atoms with E-state index in [0.29, 0.717) is 17.7 Å². The number of nitrogens with one attached hydrogen (secondary N) is 1. The average Bonchev–Trinajstić information content (AvgIpc) is 3.16. The highest BCUT2D eigenvalue weighted by Crippen LogP contribution is 2.30. The van der Waals surface area contributed by atoms with Crippen molar-refractivity contribution in [2.75, 3.05) is 25.5 Å². The van der Waals surface area contributed by atoms with Crippen LogP contribution in [0.2, 0.25) is 0 Å². The standard InChI is InChI=1S/C14H21N3O2S/c1-9(19-8-10-3-4-10)13(18)16-14-15-11-5-6-17(2)7-12(11)20-14/h9-10H,3-8H2,1-2H3,(H,15,16,18). The van der Waals surface area contributed by atoms with E-state index in [1.165, 1.54) is 17.7 Å². The van der Waals surface area contributed by atoms with Gasteiger partial charge in [-0.05, 0) is 32.7 Å². The maximum Gasteiger partial charge on any atom is 0.254 e. The summed E-state index contributed by atoms with van der Waals surface area (Å²) in [7, 11) is 2.11. The van der Waals surface area contributed by atoms with E-state index in [-0.39, 0.29) is 5.91 Å². The van der Waals surface area contributed by atoms with E-state index in [4.69, 9.17) is 4.74 Å². The van der Waals surface area contributed by atoms with Gasteiger partial charge in [-0.3, -0.25) is 10.1 Å². The fourth-order valence-corrected chi connectivity index (χ4v) is 3.32. The Bertz CT molecular complexity index is 499. The molecule has 5 nitrogen and oxygen atoms in total. The van der Waals surface area contributed by atoms with E-state index >= 15 is 0 Å². The topological polar surface area (TPSA) is 54.5 Å². The lowest BCUT2D eigenvalue weighted by atomic mass is 10.2. The molecule has 0 bridgehead atoms. The van der Waals surface area contributed by atoms with Gasteiger partial charge >= 0.3 is 0 Å². The zero-order chi connectivity index (χ0) is 14.1. The number of likely N-dealkylation sites (N-methyl/N-ethyl adjacent to an activating group) is 1. The lowest BCUT2D eigenvalue weighted by molar-refractivity contribution is -0.126. The molecule has 2 aliphatic rings. The van der Waals surface area contributed by atoms with Gasteiger partial charge in [0.15, 0.2) is 5.13 Å². The lowest BCUT2D eigenvalue weighted by Crippen LogP contribution is -2.28. The number of hydrogen-bond acceptors (Lipinski definition) is 5. The van der Waals surface area contributed by atoms with Gasteiger partial charge < -0.3 is 9.64 Å². The monoisotopic (exact) mass is 295 g/mol. The Labute approximate surface area is 123 Å². The highest BCUT2D eigenvalue weighted by atomic mass is 32.1. The van der Waals surface area contributed by atoms with Crippen LogP contribution in [0.25, 0.3) is 0 Å². The molecule has 1 fully saturated rings. The SMILES string of the molecule is CC(OCC1CC1)C(=O)Nc1nc2c(s1)CN(C)CC2. The number of carbonyl (C=O) groups excluding carboxylic acids is 1. The Morgan fingerprint density at radius 2 is 2.40 bits per heavy atom. The normalized spacial score (nSPS) is 20.5. The van der Waals surface area contributed by atoms with Gasteiger partial charge in [-0.15, -0.1) is 11.3 Å². The molecular formula is C14H21N3O2S. The Balaban J connectivity index is 1.55. The maximum atomic E-state index is 12.0. The number of ether oxygens (including phenoxy) is 1. The van der Waals surface area contributed by atoms with Gasteiger partial charge in [-0.2, -0.15) is 0 Å². The van der Waals surface area contributed by atoms with Crippen molar-refractivity contribution in [3.63, 3.8) is 0 Å². The molecule has 0 aromatic carbocycles. The molecule has 1 unspecified atom stereocenters. The molecule has 1 saturated carbocycles. The first-order valence-electron chi connectivity index (χ1n) is 7.21. The molecule has 0 spiro atoms. The summed E-state index contributed by atoms with van der Waals surface area (Å²) >= 11 is 1.58. The molecule has 6 heteroatoms. The van der Waals surface area contributed by atoms with E-state index in [2.05, 4.69) is 22.2 Å². The molecule has 3 rings (SSSR count). The third kappa shape index (κ3) is 3.37. The minimum atomic E-state index is -0.404.